The highest BCUT2D eigenvalue weighted by Crippen LogP contribution is 2.58. The van der Waals surface area contributed by atoms with Gasteiger partial charge >= 0.3 is 5.69 Å². The summed E-state index contributed by atoms with van der Waals surface area (Å²) in [6.07, 6.45) is 7.89. The van der Waals surface area contributed by atoms with E-state index in [4.69, 9.17) is 0 Å². The first-order valence-corrected chi connectivity index (χ1v) is 11.9. The maximum atomic E-state index is 13.0. The van der Waals surface area contributed by atoms with Crippen molar-refractivity contribution >= 4 is 54.8 Å². The SMILES string of the molecule is O=C(Nc1c(Br)cc([N+](=O)[O-])cc1Br)c1nn(C23CC4CC(CC(C4)C2)C3)cc1[N+](=O)[O-]. The van der Waals surface area contributed by atoms with E-state index >= 15 is 0 Å². The number of rotatable bonds is 5. The highest BCUT2D eigenvalue weighted by Gasteiger charge is 2.53. The van der Waals surface area contributed by atoms with Crippen LogP contribution in [0.15, 0.2) is 27.3 Å². The summed E-state index contributed by atoms with van der Waals surface area (Å²) < 4.78 is 2.23. The van der Waals surface area contributed by atoms with Gasteiger partial charge in [0.05, 0.1) is 21.1 Å². The molecule has 0 radical (unpaired) electrons. The maximum absolute atomic E-state index is 13.0. The molecule has 4 aliphatic carbocycles. The van der Waals surface area contributed by atoms with Crippen LogP contribution in [0.25, 0.3) is 0 Å². The van der Waals surface area contributed by atoms with Crippen molar-refractivity contribution in [2.24, 2.45) is 17.8 Å². The highest BCUT2D eigenvalue weighted by atomic mass is 79.9. The van der Waals surface area contributed by atoms with Crippen LogP contribution in [0.5, 0.6) is 0 Å². The number of nitrogens with zero attached hydrogens (tertiary/aromatic N) is 4. The van der Waals surface area contributed by atoms with E-state index in [9.17, 15) is 25.0 Å². The largest absolute Gasteiger partial charge is 0.320 e. The van der Waals surface area contributed by atoms with E-state index in [2.05, 4.69) is 42.3 Å². The number of nitro benzene ring substituents is 1. The summed E-state index contributed by atoms with van der Waals surface area (Å²) in [6, 6.07) is 2.51. The average molecular weight is 569 g/mol. The van der Waals surface area contributed by atoms with Crippen LogP contribution in [-0.4, -0.2) is 25.5 Å². The molecule has 0 unspecified atom stereocenters. The van der Waals surface area contributed by atoms with E-state index in [0.717, 1.165) is 19.3 Å². The van der Waals surface area contributed by atoms with E-state index in [1.165, 1.54) is 37.6 Å². The molecule has 32 heavy (non-hydrogen) atoms. The van der Waals surface area contributed by atoms with Gasteiger partial charge in [-0.05, 0) is 88.1 Å². The molecule has 4 saturated carbocycles. The zero-order valence-corrected chi connectivity index (χ0v) is 20.0. The second-order valence-corrected chi connectivity index (χ2v) is 10.9. The molecule has 1 amide bonds. The Morgan fingerprint density at radius 3 is 2.03 bits per heavy atom. The number of nitrogens with one attached hydrogen (secondary N) is 1. The third kappa shape index (κ3) is 3.53. The van der Waals surface area contributed by atoms with Crippen LogP contribution in [0.4, 0.5) is 17.1 Å². The Hall–Kier alpha value is -2.34. The minimum absolute atomic E-state index is 0.168. The lowest BCUT2D eigenvalue weighted by molar-refractivity contribution is -0.385. The van der Waals surface area contributed by atoms with Crippen molar-refractivity contribution in [2.45, 2.75) is 44.1 Å². The molecular formula is C20H19Br2N5O5. The first kappa shape index (κ1) is 21.5. The molecule has 168 valence electrons. The monoisotopic (exact) mass is 567 g/mol. The number of anilines is 1. The van der Waals surface area contributed by atoms with Gasteiger partial charge in [0, 0.05) is 21.1 Å². The van der Waals surface area contributed by atoms with Gasteiger partial charge in [-0.2, -0.15) is 5.10 Å². The molecule has 1 aromatic carbocycles. The van der Waals surface area contributed by atoms with Crippen LogP contribution in [-0.2, 0) is 5.54 Å². The fourth-order valence-corrected chi connectivity index (χ4v) is 7.57. The summed E-state index contributed by atoms with van der Waals surface area (Å²) in [4.78, 5) is 34.7. The van der Waals surface area contributed by atoms with E-state index < -0.39 is 15.8 Å². The number of nitro groups is 2. The number of halogens is 2. The quantitative estimate of drug-likeness (QED) is 0.379. The molecule has 0 atom stereocenters. The predicted octanol–water partition coefficient (Wildman–Crippen LogP) is 5.40. The smallest absolute Gasteiger partial charge is 0.318 e. The fraction of sp³-hybridized carbons (Fsp3) is 0.500. The number of hydrogen-bond acceptors (Lipinski definition) is 6. The summed E-state index contributed by atoms with van der Waals surface area (Å²) in [6.45, 7) is 0. The Morgan fingerprint density at radius 2 is 1.56 bits per heavy atom. The second-order valence-electron chi connectivity index (χ2n) is 9.20. The van der Waals surface area contributed by atoms with Gasteiger partial charge in [-0.3, -0.25) is 29.7 Å². The molecule has 6 rings (SSSR count). The molecule has 1 N–H and O–H groups in total. The normalized spacial score (nSPS) is 28.0. The maximum Gasteiger partial charge on any atom is 0.320 e. The standard InChI is InChI=1S/C20H19Br2N5O5/c21-14-4-13(26(29)30)5-15(22)17(14)23-19(28)18-16(27(31)32)9-25(24-18)20-6-10-1-11(7-20)3-12(2-10)8-20/h4-5,9-12H,1-3,6-8H2,(H,23,28). The molecule has 4 fully saturated rings. The van der Waals surface area contributed by atoms with E-state index in [-0.39, 0.29) is 37.2 Å². The van der Waals surface area contributed by atoms with Crippen molar-refractivity contribution in [3.05, 3.63) is 53.2 Å². The van der Waals surface area contributed by atoms with Crippen LogP contribution >= 0.6 is 31.9 Å². The first-order chi connectivity index (χ1) is 15.1. The zero-order valence-electron chi connectivity index (χ0n) is 16.8. The summed E-state index contributed by atoms with van der Waals surface area (Å²) in [7, 11) is 0. The van der Waals surface area contributed by atoms with Crippen molar-refractivity contribution in [3.63, 3.8) is 0 Å². The van der Waals surface area contributed by atoms with Crippen molar-refractivity contribution in [3.8, 4) is 0 Å². The van der Waals surface area contributed by atoms with Gasteiger partial charge in [0.25, 0.3) is 11.6 Å². The Balaban J connectivity index is 1.48. The summed E-state index contributed by atoms with van der Waals surface area (Å²) >= 11 is 6.44. The molecule has 12 heteroatoms. The van der Waals surface area contributed by atoms with Crippen LogP contribution in [0.2, 0.25) is 0 Å². The topological polar surface area (TPSA) is 133 Å². The molecule has 0 aliphatic heterocycles. The number of amides is 1. The van der Waals surface area contributed by atoms with Gasteiger partial charge in [0.1, 0.15) is 6.20 Å². The predicted molar refractivity (Wildman–Crippen MR) is 121 cm³/mol. The van der Waals surface area contributed by atoms with Crippen LogP contribution in [0.3, 0.4) is 0 Å². The molecule has 0 saturated heterocycles. The number of aromatic nitrogens is 2. The Labute approximate surface area is 199 Å². The minimum Gasteiger partial charge on any atom is -0.318 e. The van der Waals surface area contributed by atoms with Crippen molar-refractivity contribution < 1.29 is 14.6 Å². The van der Waals surface area contributed by atoms with Crippen molar-refractivity contribution in [2.75, 3.05) is 5.32 Å². The van der Waals surface area contributed by atoms with Gasteiger partial charge in [0.15, 0.2) is 0 Å². The number of carbonyl (C=O) groups is 1. The molecule has 10 nitrogen and oxygen atoms in total. The Morgan fingerprint density at radius 1 is 1.03 bits per heavy atom. The second kappa shape index (κ2) is 7.62. The molecule has 4 aliphatic rings. The van der Waals surface area contributed by atoms with Gasteiger partial charge in [-0.25, -0.2) is 0 Å². The minimum atomic E-state index is -0.740. The zero-order chi connectivity index (χ0) is 22.8. The molecular weight excluding hydrogens is 550 g/mol. The van der Waals surface area contributed by atoms with Gasteiger partial charge in [0.2, 0.25) is 5.69 Å². The van der Waals surface area contributed by atoms with Gasteiger partial charge < -0.3 is 5.32 Å². The highest BCUT2D eigenvalue weighted by molar-refractivity contribution is 9.11. The summed E-state index contributed by atoms with van der Waals surface area (Å²) in [5, 5.41) is 29.8. The van der Waals surface area contributed by atoms with Crippen LogP contribution in [0.1, 0.15) is 49.0 Å². The molecule has 4 bridgehead atoms. The number of carbonyl (C=O) groups excluding carboxylic acids is 1. The fourth-order valence-electron chi connectivity index (χ4n) is 6.21. The molecule has 2 aromatic rings. The van der Waals surface area contributed by atoms with Crippen molar-refractivity contribution in [1.29, 1.82) is 0 Å². The summed E-state index contributed by atoms with van der Waals surface area (Å²) in [5.74, 6) is 1.12. The molecule has 1 heterocycles. The average Bonchev–Trinajstić information content (AvgIpc) is 3.16. The van der Waals surface area contributed by atoms with Crippen molar-refractivity contribution in [1.82, 2.24) is 9.78 Å². The number of non-ortho nitro benzene ring substituents is 1. The van der Waals surface area contributed by atoms with Crippen LogP contribution < -0.4 is 5.32 Å². The summed E-state index contributed by atoms with van der Waals surface area (Å²) in [5.41, 5.74) is -0.791. The molecule has 1 aromatic heterocycles. The van der Waals surface area contributed by atoms with E-state index in [1.807, 2.05) is 0 Å². The third-order valence-corrected chi connectivity index (χ3v) is 8.33. The van der Waals surface area contributed by atoms with Gasteiger partial charge in [-0.1, -0.05) is 0 Å². The van der Waals surface area contributed by atoms with E-state index in [1.54, 1.807) is 4.68 Å². The Bertz CT molecular complexity index is 1100. The lowest BCUT2D eigenvalue weighted by atomic mass is 9.53. The van der Waals surface area contributed by atoms with Gasteiger partial charge in [-0.15, -0.1) is 0 Å². The molecule has 0 spiro atoms. The Kier molecular flexibility index (Phi) is 5.12. The lowest BCUT2D eigenvalue weighted by Crippen LogP contribution is -2.52. The first-order valence-electron chi connectivity index (χ1n) is 10.3. The number of benzene rings is 1. The third-order valence-electron chi connectivity index (χ3n) is 7.07. The number of hydrogen-bond donors (Lipinski definition) is 1. The van der Waals surface area contributed by atoms with E-state index in [0.29, 0.717) is 17.8 Å². The van der Waals surface area contributed by atoms with Crippen LogP contribution in [0, 0.1) is 38.0 Å². The lowest BCUT2D eigenvalue weighted by Gasteiger charge is -2.56.